The number of benzene rings is 2. The van der Waals surface area contributed by atoms with E-state index in [4.69, 9.17) is 4.74 Å². The number of nitrogens with zero attached hydrogens (tertiary/aromatic N) is 2. The number of hydrogen-bond donors (Lipinski definition) is 1. The Labute approximate surface area is 152 Å². The molecule has 0 saturated carbocycles. The first-order valence-corrected chi connectivity index (χ1v) is 8.51. The molecule has 0 spiro atoms. The van der Waals surface area contributed by atoms with Crippen LogP contribution in [-0.2, 0) is 6.54 Å². The number of fused-ring (bicyclic) bond motifs is 1. The highest BCUT2D eigenvalue weighted by Crippen LogP contribution is 2.28. The summed E-state index contributed by atoms with van der Waals surface area (Å²) >= 11 is 0. The van der Waals surface area contributed by atoms with E-state index in [-0.39, 0.29) is 0 Å². The Kier molecular flexibility index (Phi) is 4.48. The molecular weight excluding hydrogens is 322 g/mol. The van der Waals surface area contributed by atoms with Gasteiger partial charge in [-0.3, -0.25) is 4.98 Å². The zero-order chi connectivity index (χ0) is 17.8. The summed E-state index contributed by atoms with van der Waals surface area (Å²) in [6.45, 7) is 0.639. The lowest BCUT2D eigenvalue weighted by molar-refractivity contribution is 0.411. The van der Waals surface area contributed by atoms with E-state index in [1.807, 2.05) is 54.7 Å². The first-order valence-electron chi connectivity index (χ1n) is 8.51. The summed E-state index contributed by atoms with van der Waals surface area (Å²) < 4.78 is 5.55. The van der Waals surface area contributed by atoms with Crippen LogP contribution in [0.3, 0.4) is 0 Å². The fraction of sp³-hybridized carbons (Fsp3) is 0.0909. The number of rotatable bonds is 5. The zero-order valence-corrected chi connectivity index (χ0v) is 14.5. The molecule has 0 fully saturated rings. The number of aromatic nitrogens is 2. The van der Waals surface area contributed by atoms with Crippen molar-refractivity contribution in [1.29, 1.82) is 0 Å². The van der Waals surface area contributed by atoms with Crippen molar-refractivity contribution in [3.8, 4) is 17.0 Å². The van der Waals surface area contributed by atoms with E-state index in [9.17, 15) is 0 Å². The highest BCUT2D eigenvalue weighted by molar-refractivity contribution is 5.88. The van der Waals surface area contributed by atoms with Gasteiger partial charge in [-0.25, -0.2) is 4.98 Å². The molecule has 4 heteroatoms. The van der Waals surface area contributed by atoms with E-state index in [2.05, 4.69) is 33.5 Å². The van der Waals surface area contributed by atoms with Crippen LogP contribution in [0.25, 0.3) is 22.0 Å². The first kappa shape index (κ1) is 16.1. The Morgan fingerprint density at radius 3 is 2.54 bits per heavy atom. The number of anilines is 1. The molecule has 0 amide bonds. The maximum absolute atomic E-state index is 5.55. The van der Waals surface area contributed by atoms with Gasteiger partial charge in [0.25, 0.3) is 0 Å². The van der Waals surface area contributed by atoms with Crippen LogP contribution < -0.4 is 10.1 Å². The number of hydrogen-bond acceptors (Lipinski definition) is 4. The second-order valence-corrected chi connectivity index (χ2v) is 5.97. The SMILES string of the molecule is COc1ccc2ccccc2c1CNc1ccc(-c2ccccn2)cn1. The third-order valence-corrected chi connectivity index (χ3v) is 4.39. The van der Waals surface area contributed by atoms with Crippen molar-refractivity contribution in [2.24, 2.45) is 0 Å². The summed E-state index contributed by atoms with van der Waals surface area (Å²) in [5.74, 6) is 1.70. The molecule has 0 aliphatic heterocycles. The molecule has 0 saturated heterocycles. The van der Waals surface area contributed by atoms with Gasteiger partial charge in [0.1, 0.15) is 11.6 Å². The quantitative estimate of drug-likeness (QED) is 0.560. The Balaban J connectivity index is 1.57. The largest absolute Gasteiger partial charge is 0.496 e. The molecule has 26 heavy (non-hydrogen) atoms. The fourth-order valence-corrected chi connectivity index (χ4v) is 3.05. The second-order valence-electron chi connectivity index (χ2n) is 5.97. The van der Waals surface area contributed by atoms with E-state index < -0.39 is 0 Å². The molecule has 4 nitrogen and oxygen atoms in total. The molecule has 4 aromatic rings. The van der Waals surface area contributed by atoms with Crippen molar-refractivity contribution < 1.29 is 4.74 Å². The predicted octanol–water partition coefficient (Wildman–Crippen LogP) is 4.92. The Bertz CT molecular complexity index is 1010. The van der Waals surface area contributed by atoms with Crippen molar-refractivity contribution in [2.45, 2.75) is 6.54 Å². The average Bonchev–Trinajstić information content (AvgIpc) is 2.73. The lowest BCUT2D eigenvalue weighted by Gasteiger charge is -2.13. The summed E-state index contributed by atoms with van der Waals surface area (Å²) in [4.78, 5) is 8.87. The molecule has 0 aliphatic carbocycles. The minimum atomic E-state index is 0.639. The van der Waals surface area contributed by atoms with Gasteiger partial charge in [-0.1, -0.05) is 36.4 Å². The minimum absolute atomic E-state index is 0.639. The Hall–Kier alpha value is -3.40. The zero-order valence-electron chi connectivity index (χ0n) is 14.5. The van der Waals surface area contributed by atoms with E-state index in [0.717, 1.165) is 28.4 Å². The molecule has 0 aliphatic rings. The van der Waals surface area contributed by atoms with Gasteiger partial charge in [0.2, 0.25) is 0 Å². The van der Waals surface area contributed by atoms with Gasteiger partial charge < -0.3 is 10.1 Å². The van der Waals surface area contributed by atoms with Crippen LogP contribution in [0.4, 0.5) is 5.82 Å². The number of nitrogens with one attached hydrogen (secondary N) is 1. The van der Waals surface area contributed by atoms with E-state index in [1.54, 1.807) is 13.3 Å². The molecule has 2 heterocycles. The fourth-order valence-electron chi connectivity index (χ4n) is 3.05. The van der Waals surface area contributed by atoms with E-state index in [1.165, 1.54) is 10.8 Å². The van der Waals surface area contributed by atoms with Crippen LogP contribution in [0.15, 0.2) is 79.1 Å². The van der Waals surface area contributed by atoms with Crippen molar-refractivity contribution >= 4 is 16.6 Å². The third kappa shape index (κ3) is 3.22. The van der Waals surface area contributed by atoms with Crippen molar-refractivity contribution in [3.05, 3.63) is 84.7 Å². The number of ether oxygens (including phenoxy) is 1. The smallest absolute Gasteiger partial charge is 0.126 e. The van der Waals surface area contributed by atoms with Gasteiger partial charge in [-0.05, 0) is 41.1 Å². The van der Waals surface area contributed by atoms with Crippen LogP contribution in [0.1, 0.15) is 5.56 Å². The normalized spacial score (nSPS) is 10.7. The maximum Gasteiger partial charge on any atom is 0.126 e. The van der Waals surface area contributed by atoms with Crippen LogP contribution in [-0.4, -0.2) is 17.1 Å². The Morgan fingerprint density at radius 2 is 1.77 bits per heavy atom. The lowest BCUT2D eigenvalue weighted by atomic mass is 10.0. The summed E-state index contributed by atoms with van der Waals surface area (Å²) in [6.07, 6.45) is 3.62. The molecule has 128 valence electrons. The van der Waals surface area contributed by atoms with Gasteiger partial charge in [-0.15, -0.1) is 0 Å². The molecule has 4 rings (SSSR count). The molecule has 0 atom stereocenters. The maximum atomic E-state index is 5.55. The van der Waals surface area contributed by atoms with Crippen LogP contribution in [0.2, 0.25) is 0 Å². The van der Waals surface area contributed by atoms with Gasteiger partial charge in [0.05, 0.1) is 12.8 Å². The molecular formula is C22H19N3O. The topological polar surface area (TPSA) is 47.0 Å². The molecule has 1 N–H and O–H groups in total. The average molecular weight is 341 g/mol. The van der Waals surface area contributed by atoms with Crippen molar-refractivity contribution in [1.82, 2.24) is 9.97 Å². The van der Waals surface area contributed by atoms with Crippen molar-refractivity contribution in [2.75, 3.05) is 12.4 Å². The van der Waals surface area contributed by atoms with Crippen LogP contribution in [0, 0.1) is 0 Å². The minimum Gasteiger partial charge on any atom is -0.496 e. The van der Waals surface area contributed by atoms with E-state index in [0.29, 0.717) is 6.54 Å². The van der Waals surface area contributed by atoms with Gasteiger partial charge in [-0.2, -0.15) is 0 Å². The summed E-state index contributed by atoms with van der Waals surface area (Å²) in [7, 11) is 1.70. The van der Waals surface area contributed by atoms with Crippen LogP contribution >= 0.6 is 0 Å². The second kappa shape index (κ2) is 7.23. The highest BCUT2D eigenvalue weighted by Gasteiger charge is 2.08. The third-order valence-electron chi connectivity index (χ3n) is 4.39. The first-order chi connectivity index (χ1) is 12.8. The summed E-state index contributed by atoms with van der Waals surface area (Å²) in [6, 6.07) is 22.3. The molecule has 0 unspecified atom stereocenters. The summed E-state index contributed by atoms with van der Waals surface area (Å²) in [5, 5.41) is 5.78. The predicted molar refractivity (Wildman–Crippen MR) is 105 cm³/mol. The van der Waals surface area contributed by atoms with Gasteiger partial charge in [0, 0.05) is 30.1 Å². The summed E-state index contributed by atoms with van der Waals surface area (Å²) in [5.41, 5.74) is 3.04. The van der Waals surface area contributed by atoms with E-state index >= 15 is 0 Å². The number of pyridine rings is 2. The van der Waals surface area contributed by atoms with Gasteiger partial charge in [0.15, 0.2) is 0 Å². The monoisotopic (exact) mass is 341 g/mol. The molecule has 2 aromatic heterocycles. The lowest BCUT2D eigenvalue weighted by Crippen LogP contribution is -2.04. The standard InChI is InChI=1S/C22H19N3O/c1-26-21-11-9-16-6-2-3-7-18(16)19(21)15-25-22-12-10-17(14-24-22)20-8-4-5-13-23-20/h2-14H,15H2,1H3,(H,24,25). The number of methoxy groups -OCH3 is 1. The molecule has 2 aromatic carbocycles. The van der Waals surface area contributed by atoms with Gasteiger partial charge >= 0.3 is 0 Å². The van der Waals surface area contributed by atoms with Crippen molar-refractivity contribution in [3.63, 3.8) is 0 Å². The molecule has 0 radical (unpaired) electrons. The molecule has 0 bridgehead atoms. The van der Waals surface area contributed by atoms with Crippen LogP contribution in [0.5, 0.6) is 5.75 Å². The Morgan fingerprint density at radius 1 is 0.885 bits per heavy atom. The highest BCUT2D eigenvalue weighted by atomic mass is 16.5.